The zero-order chi connectivity index (χ0) is 19.9. The number of nitrogens with one attached hydrogen (secondary N) is 2. The summed E-state index contributed by atoms with van der Waals surface area (Å²) >= 11 is 0. The molecular weight excluding hydrogens is 382 g/mol. The summed E-state index contributed by atoms with van der Waals surface area (Å²) in [4.78, 5) is 25.0. The second-order valence-corrected chi connectivity index (χ2v) is 9.04. The van der Waals surface area contributed by atoms with Gasteiger partial charge in [-0.15, -0.1) is 0 Å². The lowest BCUT2D eigenvalue weighted by molar-refractivity contribution is 0.0878. The Labute approximate surface area is 161 Å². The van der Waals surface area contributed by atoms with Gasteiger partial charge in [0.2, 0.25) is 0 Å². The number of nitrogens with zero attached hydrogens (tertiary/aromatic N) is 1. The summed E-state index contributed by atoms with van der Waals surface area (Å²) < 4.78 is 31.4. The van der Waals surface area contributed by atoms with Gasteiger partial charge in [0.1, 0.15) is 11.3 Å². The van der Waals surface area contributed by atoms with Crippen molar-refractivity contribution in [1.29, 1.82) is 0 Å². The molecule has 1 fully saturated rings. The van der Waals surface area contributed by atoms with Gasteiger partial charge in [-0.3, -0.25) is 9.59 Å². The first-order chi connectivity index (χ1) is 13.3. The van der Waals surface area contributed by atoms with E-state index < -0.39 is 33.7 Å². The van der Waals surface area contributed by atoms with Crippen LogP contribution in [0.3, 0.4) is 0 Å². The molecule has 8 nitrogen and oxygen atoms in total. The molecule has 2 aromatic heterocycles. The molecule has 1 aliphatic heterocycles. The predicted octanol–water partition coefficient (Wildman–Crippen LogP) is 1.10. The van der Waals surface area contributed by atoms with Crippen molar-refractivity contribution < 1.29 is 22.4 Å². The topological polar surface area (TPSA) is 110 Å². The fourth-order valence-electron chi connectivity index (χ4n) is 3.40. The van der Waals surface area contributed by atoms with Crippen molar-refractivity contribution in [3.63, 3.8) is 0 Å². The number of aryl methyl sites for hydroxylation is 1. The average Bonchev–Trinajstić information content (AvgIpc) is 3.31. The summed E-state index contributed by atoms with van der Waals surface area (Å²) in [5.41, 5.74) is 0.979. The highest BCUT2D eigenvalue weighted by molar-refractivity contribution is 7.91. The van der Waals surface area contributed by atoms with Gasteiger partial charge in [-0.25, -0.2) is 8.42 Å². The summed E-state index contributed by atoms with van der Waals surface area (Å²) in [5, 5.41) is 6.20. The van der Waals surface area contributed by atoms with E-state index in [0.717, 1.165) is 5.39 Å². The van der Waals surface area contributed by atoms with E-state index in [1.165, 1.54) is 0 Å². The molecule has 0 saturated carbocycles. The van der Waals surface area contributed by atoms with Gasteiger partial charge in [0.15, 0.2) is 15.6 Å². The van der Waals surface area contributed by atoms with Crippen molar-refractivity contribution in [2.75, 3.05) is 11.5 Å². The van der Waals surface area contributed by atoms with Gasteiger partial charge < -0.3 is 19.6 Å². The quantitative estimate of drug-likeness (QED) is 0.680. The number of fused-ring (bicyclic) bond motifs is 1. The second-order valence-electron chi connectivity index (χ2n) is 6.89. The number of rotatable bonds is 4. The maximum atomic E-state index is 12.6. The average molecular weight is 401 g/mol. The Morgan fingerprint density at radius 2 is 1.71 bits per heavy atom. The third-order valence-corrected chi connectivity index (χ3v) is 6.55. The highest BCUT2D eigenvalue weighted by Gasteiger charge is 2.40. The molecule has 4 rings (SSSR count). The maximum absolute atomic E-state index is 12.6. The summed E-state index contributed by atoms with van der Waals surface area (Å²) in [7, 11) is -1.67. The highest BCUT2D eigenvalue weighted by Crippen LogP contribution is 2.20. The lowest BCUT2D eigenvalue weighted by atomic mass is 10.1. The van der Waals surface area contributed by atoms with Crippen LogP contribution in [0, 0.1) is 0 Å². The van der Waals surface area contributed by atoms with E-state index in [0.29, 0.717) is 11.3 Å². The number of aromatic nitrogens is 1. The van der Waals surface area contributed by atoms with Crippen molar-refractivity contribution in [1.82, 2.24) is 15.2 Å². The normalized spacial score (nSPS) is 20.9. The Morgan fingerprint density at radius 1 is 1.04 bits per heavy atom. The number of carbonyl (C=O) groups is 2. The zero-order valence-electron chi connectivity index (χ0n) is 15.1. The van der Waals surface area contributed by atoms with Crippen LogP contribution in [-0.2, 0) is 16.9 Å². The molecule has 9 heteroatoms. The molecule has 1 aliphatic rings. The molecule has 0 radical (unpaired) electrons. The standard InChI is InChI=1S/C19H19N3O5S/c1-22-8-4-6-15(22)18(23)20-13-10-28(25,26)11-14(13)21-19(24)17-9-12-5-2-3-7-16(12)27-17/h2-9,13-14H,10-11H2,1H3,(H,20,23)(H,21,24)/t13-,14-/m1/s1. The monoisotopic (exact) mass is 401 g/mol. The molecule has 1 saturated heterocycles. The van der Waals surface area contributed by atoms with Gasteiger partial charge in [-0.1, -0.05) is 18.2 Å². The van der Waals surface area contributed by atoms with Crippen LogP contribution in [0.25, 0.3) is 11.0 Å². The van der Waals surface area contributed by atoms with Crippen LogP contribution in [0.5, 0.6) is 0 Å². The summed E-state index contributed by atoms with van der Waals surface area (Å²) in [6.07, 6.45) is 1.72. The highest BCUT2D eigenvalue weighted by atomic mass is 32.2. The lowest BCUT2D eigenvalue weighted by Crippen LogP contribution is -2.51. The van der Waals surface area contributed by atoms with Crippen molar-refractivity contribution in [3.8, 4) is 0 Å². The van der Waals surface area contributed by atoms with Crippen molar-refractivity contribution >= 4 is 32.6 Å². The van der Waals surface area contributed by atoms with Crippen LogP contribution in [0.1, 0.15) is 21.0 Å². The number of furan rings is 1. The molecule has 0 unspecified atom stereocenters. The number of carbonyl (C=O) groups excluding carboxylic acids is 2. The number of hydrogen-bond donors (Lipinski definition) is 2. The van der Waals surface area contributed by atoms with Crippen LogP contribution in [0.2, 0.25) is 0 Å². The van der Waals surface area contributed by atoms with E-state index in [1.807, 2.05) is 12.1 Å². The zero-order valence-corrected chi connectivity index (χ0v) is 15.9. The predicted molar refractivity (Wildman–Crippen MR) is 103 cm³/mol. The van der Waals surface area contributed by atoms with Crippen molar-refractivity contribution in [2.45, 2.75) is 12.1 Å². The van der Waals surface area contributed by atoms with Gasteiger partial charge in [0.25, 0.3) is 11.8 Å². The molecule has 0 aliphatic carbocycles. The first-order valence-corrected chi connectivity index (χ1v) is 10.6. The van der Waals surface area contributed by atoms with E-state index in [2.05, 4.69) is 10.6 Å². The van der Waals surface area contributed by atoms with Gasteiger partial charge in [0.05, 0.1) is 23.6 Å². The Morgan fingerprint density at radius 3 is 2.36 bits per heavy atom. The molecule has 146 valence electrons. The third-order valence-electron chi connectivity index (χ3n) is 4.81. The fourth-order valence-corrected chi connectivity index (χ4v) is 5.27. The Kier molecular flexibility index (Phi) is 4.46. The Balaban J connectivity index is 1.52. The summed E-state index contributed by atoms with van der Waals surface area (Å²) in [5.74, 6) is -1.28. The largest absolute Gasteiger partial charge is 0.451 e. The van der Waals surface area contributed by atoms with Crippen LogP contribution >= 0.6 is 0 Å². The van der Waals surface area contributed by atoms with Gasteiger partial charge >= 0.3 is 0 Å². The molecule has 28 heavy (non-hydrogen) atoms. The van der Waals surface area contributed by atoms with E-state index >= 15 is 0 Å². The molecule has 2 amide bonds. The minimum absolute atomic E-state index is 0.0954. The lowest BCUT2D eigenvalue weighted by Gasteiger charge is -2.20. The van der Waals surface area contributed by atoms with Crippen LogP contribution in [0.15, 0.2) is 53.1 Å². The first-order valence-electron chi connectivity index (χ1n) is 8.74. The van der Waals surface area contributed by atoms with E-state index in [4.69, 9.17) is 4.42 Å². The number of sulfone groups is 1. The fraction of sp³-hybridized carbons (Fsp3) is 0.263. The summed E-state index contributed by atoms with van der Waals surface area (Å²) in [6, 6.07) is 10.7. The SMILES string of the molecule is Cn1cccc1C(=O)N[C@@H]1CS(=O)(=O)C[C@H]1NC(=O)c1cc2ccccc2o1. The van der Waals surface area contributed by atoms with Crippen LogP contribution < -0.4 is 10.6 Å². The molecule has 0 spiro atoms. The number of hydrogen-bond acceptors (Lipinski definition) is 5. The Bertz CT molecular complexity index is 1130. The number of benzene rings is 1. The number of amides is 2. The maximum Gasteiger partial charge on any atom is 0.287 e. The van der Waals surface area contributed by atoms with Crippen molar-refractivity contribution in [2.24, 2.45) is 7.05 Å². The minimum Gasteiger partial charge on any atom is -0.451 e. The molecule has 3 heterocycles. The van der Waals surface area contributed by atoms with Crippen LogP contribution in [-0.4, -0.2) is 48.4 Å². The molecule has 2 N–H and O–H groups in total. The van der Waals surface area contributed by atoms with E-state index in [-0.39, 0.29) is 17.3 Å². The smallest absolute Gasteiger partial charge is 0.287 e. The van der Waals surface area contributed by atoms with E-state index in [9.17, 15) is 18.0 Å². The van der Waals surface area contributed by atoms with E-state index in [1.54, 1.807) is 48.1 Å². The Hall–Kier alpha value is -3.07. The third kappa shape index (κ3) is 3.53. The van der Waals surface area contributed by atoms with Gasteiger partial charge in [0, 0.05) is 18.6 Å². The van der Waals surface area contributed by atoms with Gasteiger partial charge in [-0.2, -0.15) is 0 Å². The van der Waals surface area contributed by atoms with Crippen molar-refractivity contribution in [3.05, 3.63) is 60.1 Å². The molecular formula is C19H19N3O5S. The number of para-hydroxylation sites is 1. The van der Waals surface area contributed by atoms with Gasteiger partial charge in [-0.05, 0) is 24.3 Å². The second kappa shape index (κ2) is 6.83. The minimum atomic E-state index is -3.39. The molecule has 1 aromatic carbocycles. The first kappa shape index (κ1) is 18.3. The summed E-state index contributed by atoms with van der Waals surface area (Å²) in [6.45, 7) is 0. The molecule has 3 aromatic rings. The molecule has 2 atom stereocenters. The molecule has 0 bridgehead atoms. The van der Waals surface area contributed by atoms with Crippen LogP contribution in [0.4, 0.5) is 0 Å².